The van der Waals surface area contributed by atoms with Gasteiger partial charge in [-0.2, -0.15) is 0 Å². The van der Waals surface area contributed by atoms with Crippen LogP contribution in [0.1, 0.15) is 45.2 Å². The van der Waals surface area contributed by atoms with E-state index in [1.54, 1.807) is 4.68 Å². The fourth-order valence-electron chi connectivity index (χ4n) is 1.58. The molecule has 2 N–H and O–H groups in total. The zero-order valence-electron chi connectivity index (χ0n) is 9.82. The molecule has 0 amide bonds. The lowest BCUT2D eigenvalue weighted by molar-refractivity contribution is 0.526. The van der Waals surface area contributed by atoms with Gasteiger partial charge in [0.05, 0.1) is 12.4 Å². The van der Waals surface area contributed by atoms with Gasteiger partial charge in [0.1, 0.15) is 0 Å². The number of unbranched alkanes of at least 4 members (excludes halogenated alkanes) is 2. The van der Waals surface area contributed by atoms with E-state index in [1.165, 1.54) is 25.7 Å². The molecule has 1 heterocycles. The average molecular weight is 210 g/mol. The van der Waals surface area contributed by atoms with E-state index in [2.05, 4.69) is 24.2 Å². The molecule has 0 unspecified atom stereocenters. The van der Waals surface area contributed by atoms with E-state index in [0.717, 1.165) is 18.0 Å². The molecule has 4 nitrogen and oxygen atoms in total. The zero-order valence-corrected chi connectivity index (χ0v) is 9.82. The smallest absolute Gasteiger partial charge is 0.0896 e. The minimum absolute atomic E-state index is 0.417. The molecule has 0 bridgehead atoms. The molecule has 0 aliphatic heterocycles. The molecule has 86 valence electrons. The van der Waals surface area contributed by atoms with E-state index < -0.39 is 0 Å². The normalized spacial score (nSPS) is 11.2. The quantitative estimate of drug-likeness (QED) is 0.700. The number of nitrogens with two attached hydrogens (primary N) is 1. The monoisotopic (exact) mass is 210 g/mol. The van der Waals surface area contributed by atoms with Gasteiger partial charge < -0.3 is 5.73 Å². The van der Waals surface area contributed by atoms with Gasteiger partial charge >= 0.3 is 0 Å². The van der Waals surface area contributed by atoms with Gasteiger partial charge in [-0.15, -0.1) is 5.10 Å². The molecule has 1 aromatic heterocycles. The van der Waals surface area contributed by atoms with Crippen molar-refractivity contribution in [1.82, 2.24) is 15.0 Å². The summed E-state index contributed by atoms with van der Waals surface area (Å²) < 4.78 is 1.67. The predicted octanol–water partition coefficient (Wildman–Crippen LogP) is 1.95. The molecule has 15 heavy (non-hydrogen) atoms. The molecule has 0 aliphatic rings. The molecule has 0 fully saturated rings. The molecular formula is C11H22N4. The summed E-state index contributed by atoms with van der Waals surface area (Å²) in [4.78, 5) is 0. The van der Waals surface area contributed by atoms with Gasteiger partial charge in [-0.25, -0.2) is 4.68 Å². The van der Waals surface area contributed by atoms with Crippen LogP contribution in [0, 0.1) is 5.92 Å². The van der Waals surface area contributed by atoms with Crippen molar-refractivity contribution in [3.8, 4) is 0 Å². The summed E-state index contributed by atoms with van der Waals surface area (Å²) in [5, 5.41) is 7.96. The summed E-state index contributed by atoms with van der Waals surface area (Å²) in [7, 11) is 0. The molecule has 0 spiro atoms. The first-order chi connectivity index (χ1) is 7.22. The number of aromatic nitrogens is 3. The van der Waals surface area contributed by atoms with Gasteiger partial charge in [-0.05, 0) is 18.8 Å². The molecule has 1 aromatic rings. The first-order valence-corrected chi connectivity index (χ1v) is 5.81. The second kappa shape index (κ2) is 6.56. The van der Waals surface area contributed by atoms with Gasteiger partial charge in [0.25, 0.3) is 0 Å². The Bertz CT molecular complexity index is 267. The van der Waals surface area contributed by atoms with E-state index in [0.29, 0.717) is 6.67 Å². The van der Waals surface area contributed by atoms with Crippen molar-refractivity contribution >= 4 is 0 Å². The molecule has 0 saturated heterocycles. The SMILES string of the molecule is CC(C)CCCCCc1cn(CN)nn1. The lowest BCUT2D eigenvalue weighted by Gasteiger charge is -2.02. The Hall–Kier alpha value is -0.900. The Labute approximate surface area is 91.9 Å². The Morgan fingerprint density at radius 3 is 2.73 bits per heavy atom. The third-order valence-corrected chi connectivity index (χ3v) is 2.49. The van der Waals surface area contributed by atoms with Gasteiger partial charge in [0.15, 0.2) is 0 Å². The average Bonchev–Trinajstić information content (AvgIpc) is 2.65. The Morgan fingerprint density at radius 2 is 2.13 bits per heavy atom. The van der Waals surface area contributed by atoms with Crippen LogP contribution in [0.15, 0.2) is 6.20 Å². The van der Waals surface area contributed by atoms with E-state index in [-0.39, 0.29) is 0 Å². The first-order valence-electron chi connectivity index (χ1n) is 5.81. The van der Waals surface area contributed by atoms with Crippen LogP contribution < -0.4 is 5.73 Å². The van der Waals surface area contributed by atoms with Crippen molar-refractivity contribution in [3.05, 3.63) is 11.9 Å². The second-order valence-corrected chi connectivity index (χ2v) is 4.43. The third-order valence-electron chi connectivity index (χ3n) is 2.49. The molecule has 0 saturated carbocycles. The highest BCUT2D eigenvalue weighted by molar-refractivity contribution is 4.91. The molecule has 0 aliphatic carbocycles. The highest BCUT2D eigenvalue weighted by Gasteiger charge is 1.99. The fourth-order valence-corrected chi connectivity index (χ4v) is 1.58. The third kappa shape index (κ3) is 4.93. The van der Waals surface area contributed by atoms with Crippen LogP contribution in [0.3, 0.4) is 0 Å². The Morgan fingerprint density at radius 1 is 1.33 bits per heavy atom. The van der Waals surface area contributed by atoms with Crippen molar-refractivity contribution in [2.45, 2.75) is 52.6 Å². The lowest BCUT2D eigenvalue weighted by atomic mass is 10.0. The minimum Gasteiger partial charge on any atom is -0.312 e. The van der Waals surface area contributed by atoms with Crippen LogP contribution in [0.5, 0.6) is 0 Å². The summed E-state index contributed by atoms with van der Waals surface area (Å²) in [6, 6.07) is 0. The number of nitrogens with zero attached hydrogens (tertiary/aromatic N) is 3. The van der Waals surface area contributed by atoms with Gasteiger partial charge in [-0.1, -0.05) is 38.3 Å². The van der Waals surface area contributed by atoms with Crippen molar-refractivity contribution in [3.63, 3.8) is 0 Å². The molecule has 4 heteroatoms. The maximum atomic E-state index is 5.43. The van der Waals surface area contributed by atoms with Crippen LogP contribution in [-0.4, -0.2) is 15.0 Å². The Kier molecular flexibility index (Phi) is 5.32. The summed E-state index contributed by atoms with van der Waals surface area (Å²) >= 11 is 0. The van der Waals surface area contributed by atoms with Crippen molar-refractivity contribution in [2.75, 3.05) is 0 Å². The summed E-state index contributed by atoms with van der Waals surface area (Å²) in [6.07, 6.45) is 8.10. The first kappa shape index (κ1) is 12.2. The molecule has 0 aromatic carbocycles. The second-order valence-electron chi connectivity index (χ2n) is 4.43. The maximum absolute atomic E-state index is 5.43. The van der Waals surface area contributed by atoms with Crippen molar-refractivity contribution in [1.29, 1.82) is 0 Å². The molecule has 1 rings (SSSR count). The zero-order chi connectivity index (χ0) is 11.1. The van der Waals surface area contributed by atoms with E-state index in [4.69, 9.17) is 5.73 Å². The topological polar surface area (TPSA) is 56.7 Å². The minimum atomic E-state index is 0.417. The number of aryl methyl sites for hydroxylation is 1. The molecule has 0 atom stereocenters. The highest BCUT2D eigenvalue weighted by atomic mass is 15.4. The Balaban J connectivity index is 2.09. The van der Waals surface area contributed by atoms with Gasteiger partial charge in [0, 0.05) is 6.20 Å². The predicted molar refractivity (Wildman–Crippen MR) is 61.2 cm³/mol. The van der Waals surface area contributed by atoms with Crippen LogP contribution in [0.4, 0.5) is 0 Å². The van der Waals surface area contributed by atoms with Crippen LogP contribution in [0.2, 0.25) is 0 Å². The van der Waals surface area contributed by atoms with Crippen molar-refractivity contribution in [2.24, 2.45) is 11.7 Å². The number of hydrogen-bond acceptors (Lipinski definition) is 3. The van der Waals surface area contributed by atoms with Gasteiger partial charge in [-0.3, -0.25) is 0 Å². The number of hydrogen-bond donors (Lipinski definition) is 1. The van der Waals surface area contributed by atoms with E-state index in [9.17, 15) is 0 Å². The summed E-state index contributed by atoms with van der Waals surface area (Å²) in [6.45, 7) is 4.96. The van der Waals surface area contributed by atoms with Gasteiger partial charge in [0.2, 0.25) is 0 Å². The van der Waals surface area contributed by atoms with E-state index >= 15 is 0 Å². The standard InChI is InChI=1S/C11H22N4/c1-10(2)6-4-3-5-7-11-8-15(9-12)14-13-11/h8,10H,3-7,9,12H2,1-2H3. The highest BCUT2D eigenvalue weighted by Crippen LogP contribution is 2.09. The molecule has 0 radical (unpaired) electrons. The maximum Gasteiger partial charge on any atom is 0.0896 e. The summed E-state index contributed by atoms with van der Waals surface area (Å²) in [5.74, 6) is 0.822. The molecular weight excluding hydrogens is 188 g/mol. The largest absolute Gasteiger partial charge is 0.312 e. The van der Waals surface area contributed by atoms with Crippen molar-refractivity contribution < 1.29 is 0 Å². The fraction of sp³-hybridized carbons (Fsp3) is 0.818. The van der Waals surface area contributed by atoms with Crippen LogP contribution >= 0.6 is 0 Å². The lowest BCUT2D eigenvalue weighted by Crippen LogP contribution is -2.06. The summed E-state index contributed by atoms with van der Waals surface area (Å²) in [5.41, 5.74) is 6.49. The van der Waals surface area contributed by atoms with E-state index in [1.807, 2.05) is 6.20 Å². The van der Waals surface area contributed by atoms with Crippen LogP contribution in [0.25, 0.3) is 0 Å². The number of rotatable bonds is 7. The van der Waals surface area contributed by atoms with Crippen LogP contribution in [-0.2, 0) is 13.1 Å².